The summed E-state index contributed by atoms with van der Waals surface area (Å²) in [4.78, 5) is 26.2. The number of nitrogens with zero attached hydrogens (tertiary/aromatic N) is 1. The van der Waals surface area contributed by atoms with Gasteiger partial charge in [0.2, 0.25) is 0 Å². The largest absolute Gasteiger partial charge is 0.476 e. The third-order valence-corrected chi connectivity index (χ3v) is 3.85. The van der Waals surface area contributed by atoms with E-state index in [1.54, 1.807) is 11.3 Å². The number of thiazole rings is 1. The number of carbonyl (C=O) groups excluding carboxylic acids is 1. The number of carboxylic acid groups (broad SMARTS) is 1. The number of carboxylic acids is 1. The number of carbonyl (C=O) groups is 2. The standard InChI is InChI=1S/C11H10N2O3S2/c1-6(7-2-3-17-4-7)12-9(14)10-13-8(5-18-10)11(15)16/h2-6H,1H3,(H,12,14)(H,15,16). The van der Waals surface area contributed by atoms with Crippen molar-refractivity contribution in [1.29, 1.82) is 0 Å². The zero-order valence-electron chi connectivity index (χ0n) is 9.41. The van der Waals surface area contributed by atoms with Crippen LogP contribution in [0, 0.1) is 0 Å². The molecule has 2 aromatic heterocycles. The third-order valence-electron chi connectivity index (χ3n) is 2.31. The topological polar surface area (TPSA) is 79.3 Å². The first kappa shape index (κ1) is 12.7. The van der Waals surface area contributed by atoms with E-state index in [4.69, 9.17) is 5.11 Å². The Bertz CT molecular complexity index is 563. The number of hydrogen-bond donors (Lipinski definition) is 2. The van der Waals surface area contributed by atoms with Gasteiger partial charge >= 0.3 is 5.97 Å². The Hall–Kier alpha value is -1.73. The van der Waals surface area contributed by atoms with Gasteiger partial charge in [-0.1, -0.05) is 0 Å². The Morgan fingerprint density at radius 1 is 1.44 bits per heavy atom. The number of aromatic nitrogens is 1. The molecule has 1 unspecified atom stereocenters. The highest BCUT2D eigenvalue weighted by molar-refractivity contribution is 7.11. The lowest BCUT2D eigenvalue weighted by molar-refractivity contribution is 0.0691. The number of hydrogen-bond acceptors (Lipinski definition) is 5. The number of thiophene rings is 1. The number of rotatable bonds is 4. The summed E-state index contributed by atoms with van der Waals surface area (Å²) >= 11 is 2.58. The van der Waals surface area contributed by atoms with Gasteiger partial charge in [0.15, 0.2) is 10.7 Å². The van der Waals surface area contributed by atoms with Crippen LogP contribution < -0.4 is 5.32 Å². The van der Waals surface area contributed by atoms with Crippen molar-refractivity contribution in [3.05, 3.63) is 38.5 Å². The Kier molecular flexibility index (Phi) is 3.73. The van der Waals surface area contributed by atoms with Crippen LogP contribution in [0.5, 0.6) is 0 Å². The summed E-state index contributed by atoms with van der Waals surface area (Å²) in [6.07, 6.45) is 0. The maximum absolute atomic E-state index is 11.8. The van der Waals surface area contributed by atoms with Crippen molar-refractivity contribution >= 4 is 34.6 Å². The first-order chi connectivity index (χ1) is 8.58. The van der Waals surface area contributed by atoms with E-state index in [-0.39, 0.29) is 22.7 Å². The lowest BCUT2D eigenvalue weighted by atomic mass is 10.2. The van der Waals surface area contributed by atoms with E-state index in [2.05, 4.69) is 10.3 Å². The molecule has 2 aromatic rings. The molecule has 0 aromatic carbocycles. The second kappa shape index (κ2) is 5.28. The fourth-order valence-corrected chi connectivity index (χ4v) is 2.79. The number of amides is 1. The molecule has 2 heterocycles. The molecule has 0 radical (unpaired) electrons. The van der Waals surface area contributed by atoms with Gasteiger partial charge in [-0.2, -0.15) is 11.3 Å². The van der Waals surface area contributed by atoms with Crippen LogP contribution in [0.15, 0.2) is 22.2 Å². The average Bonchev–Trinajstić information content (AvgIpc) is 3.00. The predicted molar refractivity (Wildman–Crippen MR) is 69.3 cm³/mol. The van der Waals surface area contributed by atoms with Gasteiger partial charge < -0.3 is 10.4 Å². The lowest BCUT2D eigenvalue weighted by Crippen LogP contribution is -2.26. The molecule has 1 atom stereocenters. The van der Waals surface area contributed by atoms with Crippen molar-refractivity contribution in [3.63, 3.8) is 0 Å². The molecule has 0 saturated carbocycles. The molecule has 0 fully saturated rings. The number of nitrogens with one attached hydrogen (secondary N) is 1. The van der Waals surface area contributed by atoms with Gasteiger partial charge in [0.1, 0.15) is 0 Å². The molecule has 0 aliphatic heterocycles. The van der Waals surface area contributed by atoms with E-state index in [9.17, 15) is 9.59 Å². The van der Waals surface area contributed by atoms with E-state index in [0.717, 1.165) is 16.9 Å². The highest BCUT2D eigenvalue weighted by atomic mass is 32.1. The smallest absolute Gasteiger partial charge is 0.355 e. The second-order valence-corrected chi connectivity index (χ2v) is 5.23. The molecule has 0 saturated heterocycles. The van der Waals surface area contributed by atoms with Crippen molar-refractivity contribution in [2.75, 3.05) is 0 Å². The normalized spacial score (nSPS) is 12.1. The van der Waals surface area contributed by atoms with E-state index in [1.165, 1.54) is 5.38 Å². The van der Waals surface area contributed by atoms with Gasteiger partial charge in [0, 0.05) is 5.38 Å². The lowest BCUT2D eigenvalue weighted by Gasteiger charge is -2.10. The summed E-state index contributed by atoms with van der Waals surface area (Å²) in [5, 5.41) is 16.9. The molecule has 5 nitrogen and oxygen atoms in total. The van der Waals surface area contributed by atoms with Crippen LogP contribution in [0.3, 0.4) is 0 Å². The SMILES string of the molecule is CC(NC(=O)c1nc(C(=O)O)cs1)c1ccsc1. The van der Waals surface area contributed by atoms with Crippen molar-refractivity contribution in [1.82, 2.24) is 10.3 Å². The second-order valence-electron chi connectivity index (χ2n) is 3.59. The van der Waals surface area contributed by atoms with Gasteiger partial charge in [-0.25, -0.2) is 9.78 Å². The molecule has 94 valence electrons. The summed E-state index contributed by atoms with van der Waals surface area (Å²) in [6.45, 7) is 1.87. The Morgan fingerprint density at radius 3 is 2.78 bits per heavy atom. The minimum atomic E-state index is -1.13. The highest BCUT2D eigenvalue weighted by Crippen LogP contribution is 2.17. The molecule has 2 N–H and O–H groups in total. The summed E-state index contributed by atoms with van der Waals surface area (Å²) in [5.41, 5.74) is 0.914. The van der Waals surface area contributed by atoms with Gasteiger partial charge in [0.25, 0.3) is 5.91 Å². The molecule has 0 aliphatic rings. The van der Waals surface area contributed by atoms with Crippen LogP contribution in [-0.4, -0.2) is 22.0 Å². The Balaban J connectivity index is 2.05. The molecule has 0 aliphatic carbocycles. The highest BCUT2D eigenvalue weighted by Gasteiger charge is 2.17. The maximum atomic E-state index is 11.8. The van der Waals surface area contributed by atoms with Crippen LogP contribution in [-0.2, 0) is 0 Å². The first-order valence-corrected chi connectivity index (χ1v) is 6.92. The van der Waals surface area contributed by atoms with E-state index >= 15 is 0 Å². The molecular formula is C11H10N2O3S2. The van der Waals surface area contributed by atoms with E-state index in [0.29, 0.717) is 0 Å². The Labute approximate surface area is 111 Å². The van der Waals surface area contributed by atoms with Crippen LogP contribution in [0.2, 0.25) is 0 Å². The van der Waals surface area contributed by atoms with Gasteiger partial charge in [-0.15, -0.1) is 11.3 Å². The van der Waals surface area contributed by atoms with Crippen LogP contribution in [0.4, 0.5) is 0 Å². The van der Waals surface area contributed by atoms with Crippen LogP contribution >= 0.6 is 22.7 Å². The molecule has 1 amide bonds. The van der Waals surface area contributed by atoms with E-state index in [1.807, 2.05) is 23.8 Å². The average molecular weight is 282 g/mol. The van der Waals surface area contributed by atoms with Gasteiger partial charge in [-0.05, 0) is 29.3 Å². The van der Waals surface area contributed by atoms with Gasteiger partial charge in [-0.3, -0.25) is 4.79 Å². The fourth-order valence-electron chi connectivity index (χ4n) is 1.34. The van der Waals surface area contributed by atoms with Crippen molar-refractivity contribution in [3.8, 4) is 0 Å². The predicted octanol–water partition coefficient (Wildman–Crippen LogP) is 2.39. The van der Waals surface area contributed by atoms with Crippen molar-refractivity contribution in [2.45, 2.75) is 13.0 Å². The molecular weight excluding hydrogens is 272 g/mol. The monoisotopic (exact) mass is 282 g/mol. The number of aromatic carboxylic acids is 1. The van der Waals surface area contributed by atoms with Crippen LogP contribution in [0.1, 0.15) is 38.8 Å². The maximum Gasteiger partial charge on any atom is 0.355 e. The van der Waals surface area contributed by atoms with Gasteiger partial charge in [0.05, 0.1) is 6.04 Å². The third kappa shape index (κ3) is 2.74. The molecule has 0 bridgehead atoms. The Morgan fingerprint density at radius 2 is 2.22 bits per heavy atom. The minimum Gasteiger partial charge on any atom is -0.476 e. The quantitative estimate of drug-likeness (QED) is 0.902. The molecule has 18 heavy (non-hydrogen) atoms. The van der Waals surface area contributed by atoms with Crippen LogP contribution in [0.25, 0.3) is 0 Å². The summed E-state index contributed by atoms with van der Waals surface area (Å²) in [5.74, 6) is -1.48. The zero-order chi connectivity index (χ0) is 13.1. The summed E-state index contributed by atoms with van der Waals surface area (Å²) < 4.78 is 0. The van der Waals surface area contributed by atoms with E-state index < -0.39 is 5.97 Å². The zero-order valence-corrected chi connectivity index (χ0v) is 11.0. The minimum absolute atomic E-state index is 0.103. The molecule has 7 heteroatoms. The molecule has 0 spiro atoms. The summed E-state index contributed by atoms with van der Waals surface area (Å²) in [7, 11) is 0. The first-order valence-electron chi connectivity index (χ1n) is 5.09. The summed E-state index contributed by atoms with van der Waals surface area (Å²) in [6, 6.07) is 1.81. The van der Waals surface area contributed by atoms with Crippen molar-refractivity contribution in [2.24, 2.45) is 0 Å². The fraction of sp³-hybridized carbons (Fsp3) is 0.182. The van der Waals surface area contributed by atoms with Crippen molar-refractivity contribution < 1.29 is 14.7 Å². The molecule has 2 rings (SSSR count).